The lowest BCUT2D eigenvalue weighted by Crippen LogP contribution is -2.50. The molecule has 2 saturated heterocycles. The normalized spacial score (nSPS) is 23.2. The molecule has 3 aliphatic rings. The fraction of sp³-hybridized carbons (Fsp3) is 0.560. The van der Waals surface area contributed by atoms with Crippen LogP contribution >= 0.6 is 0 Å². The Morgan fingerprint density at radius 1 is 1.08 bits per heavy atom. The average molecular weight is 512 g/mol. The Kier molecular flexibility index (Phi) is 5.74. The van der Waals surface area contributed by atoms with E-state index in [0.717, 1.165) is 60.6 Å². The second-order valence-electron chi connectivity index (χ2n) is 11.0. The maximum atomic E-state index is 15.1. The van der Waals surface area contributed by atoms with Crippen molar-refractivity contribution in [3.05, 3.63) is 46.0 Å². The van der Waals surface area contributed by atoms with E-state index in [2.05, 4.69) is 49.8 Å². The molecule has 3 aromatic rings. The van der Waals surface area contributed by atoms with Crippen LogP contribution < -0.4 is 16.3 Å². The van der Waals surface area contributed by atoms with Gasteiger partial charge < -0.3 is 10.6 Å². The molecule has 4 heterocycles. The number of hydrogen-bond donors (Lipinski definition) is 2. The molecular weight excluding hydrogens is 480 g/mol. The molecule has 0 amide bonds. The van der Waals surface area contributed by atoms with Gasteiger partial charge in [-0.3, -0.25) is 4.90 Å². The number of halogens is 2. The van der Waals surface area contributed by atoms with Crippen LogP contribution in [0.3, 0.4) is 0 Å². The lowest BCUT2D eigenvalue weighted by molar-refractivity contribution is 0.0920. The summed E-state index contributed by atoms with van der Waals surface area (Å²) in [4.78, 5) is 23.4. The summed E-state index contributed by atoms with van der Waals surface area (Å²) in [5.74, 6) is -0.757. The highest BCUT2D eigenvalue weighted by molar-refractivity contribution is 5.62. The molecule has 2 N–H and O–H groups in total. The average Bonchev–Trinajstić information content (AvgIpc) is 3.60. The van der Waals surface area contributed by atoms with Gasteiger partial charge in [-0.05, 0) is 86.4 Å². The zero-order valence-corrected chi connectivity index (χ0v) is 21.2. The van der Waals surface area contributed by atoms with Crippen molar-refractivity contribution >= 4 is 17.5 Å². The minimum Gasteiger partial charge on any atom is -0.365 e. The lowest BCUT2D eigenvalue weighted by atomic mass is 9.97. The van der Waals surface area contributed by atoms with E-state index in [1.165, 1.54) is 19.2 Å². The summed E-state index contributed by atoms with van der Waals surface area (Å²) < 4.78 is 32.1. The highest BCUT2D eigenvalue weighted by atomic mass is 19.1. The largest absolute Gasteiger partial charge is 0.368 e. The quantitative estimate of drug-likeness (QED) is 0.518. The van der Waals surface area contributed by atoms with Gasteiger partial charge in [0.15, 0.2) is 11.6 Å². The third kappa shape index (κ3) is 4.47. The maximum Gasteiger partial charge on any atom is 0.368 e. The third-order valence-electron chi connectivity index (χ3n) is 8.00. The summed E-state index contributed by atoms with van der Waals surface area (Å²) in [5, 5.41) is 13.8. The zero-order chi connectivity index (χ0) is 25.9. The minimum absolute atomic E-state index is 0.0545. The van der Waals surface area contributed by atoms with Crippen LogP contribution in [0.4, 0.5) is 26.2 Å². The number of fused-ring (bicyclic) bond motifs is 1. The van der Waals surface area contributed by atoms with E-state index >= 15 is 4.39 Å². The Bertz CT molecular complexity index is 1400. The lowest BCUT2D eigenvalue weighted by Gasteiger charge is -2.42. The molecule has 196 valence electrons. The molecule has 12 heteroatoms. The highest BCUT2D eigenvalue weighted by Crippen LogP contribution is 2.44. The molecule has 3 fully saturated rings. The Morgan fingerprint density at radius 2 is 1.89 bits per heavy atom. The number of rotatable bonds is 6. The minimum atomic E-state index is -0.559. The standard InChI is InChI=1S/C25H31F2N9O/c1-25(2)8-6-16-10-15(7-9-35(16)25)29-22-19(27)13-28-23(31-22)30-20-12-21(36-24(37)34(3)32-33-36)17(11-18(20)26)14-4-5-14/h11-16H,4-10H2,1-3H3,(H2,28,29,30,31)/t15-,16+/m0/s1. The topological polar surface area (TPSA) is 106 Å². The number of aromatic nitrogens is 6. The zero-order valence-electron chi connectivity index (χ0n) is 21.2. The van der Waals surface area contributed by atoms with E-state index in [1.54, 1.807) is 0 Å². The van der Waals surface area contributed by atoms with Crippen molar-refractivity contribution in [3.8, 4) is 5.69 Å². The molecule has 2 aromatic heterocycles. The van der Waals surface area contributed by atoms with Crippen molar-refractivity contribution in [1.29, 1.82) is 0 Å². The van der Waals surface area contributed by atoms with E-state index < -0.39 is 17.3 Å². The van der Waals surface area contributed by atoms with Crippen LogP contribution in [0.1, 0.15) is 63.9 Å². The first kappa shape index (κ1) is 24.0. The Balaban J connectivity index is 1.24. The Labute approximate surface area is 213 Å². The van der Waals surface area contributed by atoms with E-state index in [1.807, 2.05) is 0 Å². The molecule has 6 rings (SSSR count). The number of hydrogen-bond acceptors (Lipinski definition) is 8. The summed E-state index contributed by atoms with van der Waals surface area (Å²) >= 11 is 0. The SMILES string of the molecule is Cn1nnn(-c2cc(Nc3ncc(F)c(N[C@H]4CCN5[C@H](CCC5(C)C)C4)n3)c(F)cc2C2CC2)c1=O. The van der Waals surface area contributed by atoms with Gasteiger partial charge in [0.2, 0.25) is 5.95 Å². The number of piperidine rings is 1. The number of tetrazole rings is 1. The molecular formula is C25H31F2N9O. The fourth-order valence-electron chi connectivity index (χ4n) is 5.80. The molecule has 37 heavy (non-hydrogen) atoms. The number of nitrogens with one attached hydrogen (secondary N) is 2. The first-order valence-electron chi connectivity index (χ1n) is 12.9. The smallest absolute Gasteiger partial charge is 0.365 e. The van der Waals surface area contributed by atoms with Crippen LogP contribution in [0.15, 0.2) is 23.1 Å². The Hall–Kier alpha value is -3.41. The van der Waals surface area contributed by atoms with Crippen molar-refractivity contribution in [2.45, 2.75) is 75.9 Å². The molecule has 1 aromatic carbocycles. The Morgan fingerprint density at radius 3 is 2.62 bits per heavy atom. The first-order chi connectivity index (χ1) is 17.7. The van der Waals surface area contributed by atoms with Crippen molar-refractivity contribution in [2.75, 3.05) is 17.2 Å². The van der Waals surface area contributed by atoms with Gasteiger partial charge in [0.25, 0.3) is 0 Å². The van der Waals surface area contributed by atoms with Crippen LogP contribution in [0, 0.1) is 11.6 Å². The van der Waals surface area contributed by atoms with E-state index in [0.29, 0.717) is 17.3 Å². The predicted octanol–water partition coefficient (Wildman–Crippen LogP) is 3.47. The first-order valence-corrected chi connectivity index (χ1v) is 12.9. The van der Waals surface area contributed by atoms with Crippen LogP contribution in [0.5, 0.6) is 0 Å². The number of aryl methyl sites for hydroxylation is 1. The van der Waals surface area contributed by atoms with Crippen LogP contribution in [-0.2, 0) is 7.05 Å². The monoisotopic (exact) mass is 511 g/mol. The van der Waals surface area contributed by atoms with Crippen molar-refractivity contribution in [2.24, 2.45) is 7.05 Å². The molecule has 10 nitrogen and oxygen atoms in total. The van der Waals surface area contributed by atoms with Crippen LogP contribution in [0.25, 0.3) is 5.69 Å². The van der Waals surface area contributed by atoms with Crippen LogP contribution in [0.2, 0.25) is 0 Å². The van der Waals surface area contributed by atoms with Crippen molar-refractivity contribution < 1.29 is 8.78 Å². The van der Waals surface area contributed by atoms with E-state index in [4.69, 9.17) is 0 Å². The molecule has 1 aliphatic carbocycles. The van der Waals surface area contributed by atoms with Crippen molar-refractivity contribution in [3.63, 3.8) is 0 Å². The molecule has 0 bridgehead atoms. The maximum absolute atomic E-state index is 15.1. The highest BCUT2D eigenvalue weighted by Gasteiger charge is 2.42. The van der Waals surface area contributed by atoms with Gasteiger partial charge >= 0.3 is 5.69 Å². The summed E-state index contributed by atoms with van der Waals surface area (Å²) in [7, 11) is 1.50. The van der Waals surface area contributed by atoms with Gasteiger partial charge in [-0.2, -0.15) is 14.3 Å². The van der Waals surface area contributed by atoms with E-state index in [9.17, 15) is 9.18 Å². The third-order valence-corrected chi connectivity index (χ3v) is 8.00. The number of nitrogens with zero attached hydrogens (tertiary/aromatic N) is 7. The van der Waals surface area contributed by atoms with Gasteiger partial charge in [0.05, 0.1) is 17.6 Å². The van der Waals surface area contributed by atoms with Crippen molar-refractivity contribution in [1.82, 2.24) is 34.7 Å². The molecule has 2 aliphatic heterocycles. The molecule has 0 radical (unpaired) electrons. The number of benzene rings is 1. The molecule has 0 unspecified atom stereocenters. The summed E-state index contributed by atoms with van der Waals surface area (Å²) in [6.45, 7) is 5.52. The van der Waals surface area contributed by atoms with Gasteiger partial charge in [-0.15, -0.1) is 0 Å². The number of anilines is 3. The van der Waals surface area contributed by atoms with Crippen LogP contribution in [-0.4, -0.2) is 58.8 Å². The van der Waals surface area contributed by atoms with Gasteiger partial charge in [-0.25, -0.2) is 18.6 Å². The fourth-order valence-corrected chi connectivity index (χ4v) is 5.80. The molecule has 1 saturated carbocycles. The summed E-state index contributed by atoms with van der Waals surface area (Å²) in [6.07, 6.45) is 7.02. The van der Waals surface area contributed by atoms with Gasteiger partial charge in [0.1, 0.15) is 5.82 Å². The summed E-state index contributed by atoms with van der Waals surface area (Å²) in [6, 6.07) is 3.50. The van der Waals surface area contributed by atoms with Gasteiger partial charge in [-0.1, -0.05) is 0 Å². The van der Waals surface area contributed by atoms with Gasteiger partial charge in [0, 0.05) is 31.2 Å². The summed E-state index contributed by atoms with van der Waals surface area (Å²) in [5.41, 5.74) is 1.00. The second-order valence-corrected chi connectivity index (χ2v) is 11.0. The van der Waals surface area contributed by atoms with E-state index in [-0.39, 0.29) is 35.0 Å². The second kappa shape index (κ2) is 8.86. The molecule has 2 atom stereocenters. The molecule has 0 spiro atoms. The predicted molar refractivity (Wildman–Crippen MR) is 134 cm³/mol.